The lowest BCUT2D eigenvalue weighted by molar-refractivity contribution is 0.109. The van der Waals surface area contributed by atoms with Crippen LogP contribution in [0.3, 0.4) is 0 Å². The highest BCUT2D eigenvalue weighted by molar-refractivity contribution is 5.28. The van der Waals surface area contributed by atoms with Gasteiger partial charge in [0.1, 0.15) is 5.82 Å². The van der Waals surface area contributed by atoms with E-state index in [4.69, 9.17) is 0 Å². The van der Waals surface area contributed by atoms with Gasteiger partial charge in [-0.25, -0.2) is 0 Å². The van der Waals surface area contributed by atoms with Crippen molar-refractivity contribution in [1.29, 1.82) is 0 Å². The molecule has 0 aromatic carbocycles. The van der Waals surface area contributed by atoms with Crippen LogP contribution in [0.25, 0.3) is 0 Å². The lowest BCUT2D eigenvalue weighted by Gasteiger charge is -2.36. The smallest absolute Gasteiger partial charge is 0.258 e. The van der Waals surface area contributed by atoms with Crippen LogP contribution in [0.15, 0.2) is 4.79 Å². The fourth-order valence-electron chi connectivity index (χ4n) is 3.53. The Balaban J connectivity index is 1.92. The summed E-state index contributed by atoms with van der Waals surface area (Å²) in [6.45, 7) is 2.74. The van der Waals surface area contributed by atoms with E-state index in [9.17, 15) is 9.90 Å². The predicted molar refractivity (Wildman–Crippen MR) is 80.6 cm³/mol. The number of rotatable bonds is 2. The van der Waals surface area contributed by atoms with Crippen LogP contribution >= 0.6 is 0 Å². The molecule has 1 saturated heterocycles. The summed E-state index contributed by atoms with van der Waals surface area (Å²) in [7, 11) is 4.09. The van der Waals surface area contributed by atoms with Crippen molar-refractivity contribution in [3.8, 4) is 5.88 Å². The molecule has 2 fully saturated rings. The second kappa shape index (κ2) is 5.77. The first kappa shape index (κ1) is 14.5. The number of hydrogen-bond donors (Lipinski definition) is 2. The summed E-state index contributed by atoms with van der Waals surface area (Å²) >= 11 is 0. The average Bonchev–Trinajstić information content (AvgIpc) is 2.94. The summed E-state index contributed by atoms with van der Waals surface area (Å²) in [5.74, 6) is 0.678. The first-order valence-corrected chi connectivity index (χ1v) is 7.78. The number of hydrogen-bond acceptors (Lipinski definition) is 5. The molecule has 1 atom stereocenters. The third kappa shape index (κ3) is 2.82. The Kier molecular flexibility index (Phi) is 3.99. The molecule has 1 unspecified atom stereocenters. The zero-order chi connectivity index (χ0) is 15.0. The standard InChI is InChI=1S/C15H24N4O2/c1-18-7-8-19(2)11(9-18)13-16-14(20)12(15(21)17-13)10-5-3-4-6-10/h10-11H,3-9H2,1-2H3,(H2,16,17,20,21). The largest absolute Gasteiger partial charge is 0.493 e. The number of H-pyrrole nitrogens is 1. The normalized spacial score (nSPS) is 25.5. The third-order valence-corrected chi connectivity index (χ3v) is 4.88. The van der Waals surface area contributed by atoms with Gasteiger partial charge in [-0.3, -0.25) is 9.69 Å². The highest BCUT2D eigenvalue weighted by atomic mass is 16.3. The van der Waals surface area contributed by atoms with Crippen molar-refractivity contribution in [2.75, 3.05) is 33.7 Å². The molecule has 2 aliphatic rings. The second-order valence-electron chi connectivity index (χ2n) is 6.43. The minimum absolute atomic E-state index is 0.0278. The Morgan fingerprint density at radius 2 is 1.95 bits per heavy atom. The molecule has 21 heavy (non-hydrogen) atoms. The zero-order valence-electron chi connectivity index (χ0n) is 12.8. The lowest BCUT2D eigenvalue weighted by Crippen LogP contribution is -2.45. The number of aromatic amines is 1. The molecule has 1 aromatic heterocycles. The quantitative estimate of drug-likeness (QED) is 0.852. The summed E-state index contributed by atoms with van der Waals surface area (Å²) in [5, 5.41) is 10.3. The molecule has 6 heteroatoms. The average molecular weight is 292 g/mol. The summed E-state index contributed by atoms with van der Waals surface area (Å²) < 4.78 is 0. The van der Waals surface area contributed by atoms with Crippen LogP contribution in [0, 0.1) is 0 Å². The molecule has 1 aliphatic heterocycles. The fourth-order valence-corrected chi connectivity index (χ4v) is 3.53. The van der Waals surface area contributed by atoms with E-state index < -0.39 is 0 Å². The van der Waals surface area contributed by atoms with E-state index in [2.05, 4.69) is 26.8 Å². The summed E-state index contributed by atoms with van der Waals surface area (Å²) in [4.78, 5) is 24.0. The van der Waals surface area contributed by atoms with Crippen LogP contribution < -0.4 is 5.56 Å². The van der Waals surface area contributed by atoms with Crippen LogP contribution in [0.2, 0.25) is 0 Å². The molecule has 6 nitrogen and oxygen atoms in total. The zero-order valence-corrected chi connectivity index (χ0v) is 12.8. The monoisotopic (exact) mass is 292 g/mol. The van der Waals surface area contributed by atoms with Crippen molar-refractivity contribution >= 4 is 0 Å². The van der Waals surface area contributed by atoms with Gasteiger partial charge in [0.05, 0.1) is 11.6 Å². The third-order valence-electron chi connectivity index (χ3n) is 4.88. The molecule has 0 spiro atoms. The number of likely N-dealkylation sites (N-methyl/N-ethyl adjacent to an activating group) is 2. The van der Waals surface area contributed by atoms with Gasteiger partial charge in [0.15, 0.2) is 0 Å². The Morgan fingerprint density at radius 3 is 2.62 bits per heavy atom. The molecule has 2 N–H and O–H groups in total. The minimum Gasteiger partial charge on any atom is -0.493 e. The van der Waals surface area contributed by atoms with E-state index in [0.29, 0.717) is 11.4 Å². The van der Waals surface area contributed by atoms with Gasteiger partial charge in [-0.15, -0.1) is 0 Å². The van der Waals surface area contributed by atoms with Gasteiger partial charge in [0.2, 0.25) is 5.88 Å². The Morgan fingerprint density at radius 1 is 1.24 bits per heavy atom. The molecule has 1 aromatic rings. The first-order valence-electron chi connectivity index (χ1n) is 7.78. The van der Waals surface area contributed by atoms with Crippen LogP contribution in [-0.2, 0) is 0 Å². The second-order valence-corrected chi connectivity index (χ2v) is 6.43. The van der Waals surface area contributed by atoms with Gasteiger partial charge in [-0.2, -0.15) is 4.98 Å². The Bertz CT molecular complexity index is 565. The number of nitrogens with one attached hydrogen (secondary N) is 1. The lowest BCUT2D eigenvalue weighted by atomic mass is 10.00. The van der Waals surface area contributed by atoms with Gasteiger partial charge in [0, 0.05) is 19.6 Å². The number of piperazine rings is 1. The maximum absolute atomic E-state index is 12.4. The molecule has 1 aliphatic carbocycles. The van der Waals surface area contributed by atoms with Crippen molar-refractivity contribution in [1.82, 2.24) is 19.8 Å². The number of aromatic hydroxyl groups is 1. The number of nitrogens with zero attached hydrogens (tertiary/aromatic N) is 3. The van der Waals surface area contributed by atoms with E-state index in [-0.39, 0.29) is 23.4 Å². The molecule has 0 amide bonds. The molecule has 1 saturated carbocycles. The van der Waals surface area contributed by atoms with Gasteiger partial charge in [-0.05, 0) is 32.9 Å². The van der Waals surface area contributed by atoms with Crippen molar-refractivity contribution in [2.24, 2.45) is 0 Å². The first-order chi connectivity index (χ1) is 10.1. The van der Waals surface area contributed by atoms with Crippen LogP contribution in [0.4, 0.5) is 0 Å². The Hall–Kier alpha value is -1.40. The van der Waals surface area contributed by atoms with E-state index >= 15 is 0 Å². The highest BCUT2D eigenvalue weighted by Crippen LogP contribution is 2.35. The van der Waals surface area contributed by atoms with E-state index in [1.54, 1.807) is 0 Å². The maximum atomic E-state index is 12.4. The summed E-state index contributed by atoms with van der Waals surface area (Å²) in [5.41, 5.74) is 0.328. The van der Waals surface area contributed by atoms with Crippen molar-refractivity contribution in [2.45, 2.75) is 37.6 Å². The summed E-state index contributed by atoms with van der Waals surface area (Å²) in [6, 6.07) is 0.0278. The Labute approximate surface area is 124 Å². The maximum Gasteiger partial charge on any atom is 0.258 e. The van der Waals surface area contributed by atoms with Gasteiger partial charge in [-0.1, -0.05) is 12.8 Å². The molecule has 116 valence electrons. The van der Waals surface area contributed by atoms with Gasteiger partial charge >= 0.3 is 0 Å². The minimum atomic E-state index is -0.161. The number of aromatic nitrogens is 2. The predicted octanol–water partition coefficient (Wildman–Crippen LogP) is 1.05. The van der Waals surface area contributed by atoms with Crippen LogP contribution in [0.1, 0.15) is 49.0 Å². The summed E-state index contributed by atoms with van der Waals surface area (Å²) in [6.07, 6.45) is 4.20. The van der Waals surface area contributed by atoms with Gasteiger partial charge in [0.25, 0.3) is 5.56 Å². The topological polar surface area (TPSA) is 72.5 Å². The molecule has 3 rings (SSSR count). The van der Waals surface area contributed by atoms with Crippen LogP contribution in [-0.4, -0.2) is 58.6 Å². The van der Waals surface area contributed by atoms with Crippen molar-refractivity contribution < 1.29 is 5.11 Å². The molecule has 0 radical (unpaired) electrons. The SMILES string of the molecule is CN1CCN(C)C(c2nc(O)c(C3CCCC3)c(=O)[nH]2)C1. The van der Waals surface area contributed by atoms with Crippen molar-refractivity contribution in [3.63, 3.8) is 0 Å². The highest BCUT2D eigenvalue weighted by Gasteiger charge is 2.29. The fraction of sp³-hybridized carbons (Fsp3) is 0.733. The van der Waals surface area contributed by atoms with E-state index in [1.807, 2.05) is 7.05 Å². The molecule has 0 bridgehead atoms. The van der Waals surface area contributed by atoms with Gasteiger partial charge < -0.3 is 15.0 Å². The molecular weight excluding hydrogens is 268 g/mol. The molecule has 2 heterocycles. The molecular formula is C15H24N4O2. The van der Waals surface area contributed by atoms with E-state index in [0.717, 1.165) is 45.3 Å². The van der Waals surface area contributed by atoms with Crippen molar-refractivity contribution in [3.05, 3.63) is 21.7 Å². The van der Waals surface area contributed by atoms with E-state index in [1.165, 1.54) is 0 Å². The van der Waals surface area contributed by atoms with Crippen LogP contribution in [0.5, 0.6) is 5.88 Å².